The van der Waals surface area contributed by atoms with Gasteiger partial charge in [0.2, 0.25) is 5.91 Å². The fourth-order valence-corrected chi connectivity index (χ4v) is 2.98. The van der Waals surface area contributed by atoms with Crippen LogP contribution in [0.25, 0.3) is 0 Å². The Morgan fingerprint density at radius 3 is 2.60 bits per heavy atom. The van der Waals surface area contributed by atoms with Crippen LogP contribution in [0.1, 0.15) is 12.8 Å². The average molecular weight is 382 g/mol. The smallest absolute Gasteiger partial charge is 0.232 e. The van der Waals surface area contributed by atoms with Crippen LogP contribution in [0.15, 0.2) is 16.6 Å². The topological polar surface area (TPSA) is 64.4 Å². The van der Waals surface area contributed by atoms with Gasteiger partial charge in [0.05, 0.1) is 21.1 Å². The molecule has 0 aromatic heterocycles. The minimum absolute atomic E-state index is 0.136. The summed E-state index contributed by atoms with van der Waals surface area (Å²) in [5.74, 6) is -0.136. The summed E-state index contributed by atoms with van der Waals surface area (Å²) >= 11 is 15.5. The molecule has 20 heavy (non-hydrogen) atoms. The van der Waals surface area contributed by atoms with E-state index in [0.29, 0.717) is 46.3 Å². The summed E-state index contributed by atoms with van der Waals surface area (Å²) in [4.78, 5) is 12.5. The molecule has 4 nitrogen and oxygen atoms in total. The SMILES string of the molecule is NCC1(C(=O)Nc2ccc(Br)c(Cl)c2Cl)CCOCC1. The van der Waals surface area contributed by atoms with Gasteiger partial charge in [0, 0.05) is 24.2 Å². The zero-order chi connectivity index (χ0) is 14.8. The van der Waals surface area contributed by atoms with E-state index in [1.54, 1.807) is 12.1 Å². The molecule has 1 fully saturated rings. The second-order valence-corrected chi connectivity index (χ2v) is 6.38. The normalized spacial score (nSPS) is 17.8. The van der Waals surface area contributed by atoms with Gasteiger partial charge in [0.1, 0.15) is 0 Å². The summed E-state index contributed by atoms with van der Waals surface area (Å²) in [7, 11) is 0. The fraction of sp³-hybridized carbons (Fsp3) is 0.462. The van der Waals surface area contributed by atoms with Gasteiger partial charge in [-0.1, -0.05) is 23.2 Å². The number of carbonyl (C=O) groups excluding carboxylic acids is 1. The number of nitrogens with two attached hydrogens (primary N) is 1. The van der Waals surface area contributed by atoms with Crippen molar-refractivity contribution in [3.63, 3.8) is 0 Å². The summed E-state index contributed by atoms with van der Waals surface area (Å²) < 4.78 is 5.98. The first kappa shape index (κ1) is 16.0. The van der Waals surface area contributed by atoms with Crippen LogP contribution in [0.4, 0.5) is 5.69 Å². The first-order valence-electron chi connectivity index (χ1n) is 6.23. The summed E-state index contributed by atoms with van der Waals surface area (Å²) in [6, 6.07) is 3.45. The Labute approximate surface area is 136 Å². The molecular formula is C13H15BrCl2N2O2. The molecule has 1 heterocycles. The molecule has 1 aliphatic rings. The number of rotatable bonds is 3. The number of halogens is 3. The van der Waals surface area contributed by atoms with Crippen LogP contribution < -0.4 is 11.1 Å². The molecule has 1 saturated heterocycles. The number of amides is 1. The van der Waals surface area contributed by atoms with Crippen LogP contribution in [0, 0.1) is 5.41 Å². The first-order chi connectivity index (χ1) is 9.50. The highest BCUT2D eigenvalue weighted by molar-refractivity contribution is 9.10. The van der Waals surface area contributed by atoms with E-state index in [1.165, 1.54) is 0 Å². The highest BCUT2D eigenvalue weighted by Gasteiger charge is 2.39. The van der Waals surface area contributed by atoms with Gasteiger partial charge < -0.3 is 15.8 Å². The first-order valence-corrected chi connectivity index (χ1v) is 7.78. The van der Waals surface area contributed by atoms with Crippen LogP contribution in [0.5, 0.6) is 0 Å². The molecule has 0 spiro atoms. The van der Waals surface area contributed by atoms with Crippen LogP contribution in [0.2, 0.25) is 10.0 Å². The highest BCUT2D eigenvalue weighted by Crippen LogP contribution is 2.37. The summed E-state index contributed by atoms with van der Waals surface area (Å²) in [6.07, 6.45) is 1.22. The highest BCUT2D eigenvalue weighted by atomic mass is 79.9. The molecule has 0 bridgehead atoms. The third-order valence-electron chi connectivity index (χ3n) is 3.61. The molecule has 7 heteroatoms. The van der Waals surface area contributed by atoms with Gasteiger partial charge >= 0.3 is 0 Å². The largest absolute Gasteiger partial charge is 0.381 e. The molecule has 0 radical (unpaired) electrons. The quantitative estimate of drug-likeness (QED) is 0.788. The Morgan fingerprint density at radius 1 is 1.35 bits per heavy atom. The standard InChI is InChI=1S/C13H15BrCl2N2O2/c14-8-1-2-9(11(16)10(8)15)18-12(19)13(7-17)3-5-20-6-4-13/h1-2H,3-7,17H2,(H,18,19). The van der Waals surface area contributed by atoms with Gasteiger partial charge in [-0.3, -0.25) is 4.79 Å². The maximum Gasteiger partial charge on any atom is 0.232 e. The number of hydrogen-bond donors (Lipinski definition) is 2. The van der Waals surface area contributed by atoms with E-state index >= 15 is 0 Å². The molecule has 0 atom stereocenters. The molecule has 110 valence electrons. The number of carbonyl (C=O) groups is 1. The van der Waals surface area contributed by atoms with Crippen molar-refractivity contribution >= 4 is 50.7 Å². The Morgan fingerprint density at radius 2 is 2.00 bits per heavy atom. The number of nitrogens with one attached hydrogen (secondary N) is 1. The average Bonchev–Trinajstić information content (AvgIpc) is 2.48. The minimum Gasteiger partial charge on any atom is -0.381 e. The van der Waals surface area contributed by atoms with Crippen LogP contribution in [0.3, 0.4) is 0 Å². The molecule has 1 amide bonds. The molecule has 1 aliphatic heterocycles. The van der Waals surface area contributed by atoms with Gasteiger partial charge in [-0.2, -0.15) is 0 Å². The van der Waals surface area contributed by atoms with Crippen molar-refractivity contribution in [3.05, 3.63) is 26.7 Å². The van der Waals surface area contributed by atoms with Crippen molar-refractivity contribution in [1.29, 1.82) is 0 Å². The van der Waals surface area contributed by atoms with Crippen molar-refractivity contribution in [2.75, 3.05) is 25.1 Å². The Bertz CT molecular complexity index is 519. The van der Waals surface area contributed by atoms with Crippen molar-refractivity contribution in [2.45, 2.75) is 12.8 Å². The number of benzene rings is 1. The molecule has 0 aliphatic carbocycles. The Kier molecular flexibility index (Phi) is 5.31. The zero-order valence-electron chi connectivity index (χ0n) is 10.7. The van der Waals surface area contributed by atoms with Gasteiger partial charge in [0.15, 0.2) is 0 Å². The maximum absolute atomic E-state index is 12.5. The lowest BCUT2D eigenvalue weighted by molar-refractivity contribution is -0.130. The van der Waals surface area contributed by atoms with Gasteiger partial charge in [0.25, 0.3) is 0 Å². The molecule has 1 aromatic carbocycles. The second kappa shape index (κ2) is 6.62. The van der Waals surface area contributed by atoms with Gasteiger partial charge in [-0.15, -0.1) is 0 Å². The van der Waals surface area contributed by atoms with Crippen LogP contribution >= 0.6 is 39.1 Å². The van der Waals surface area contributed by atoms with Gasteiger partial charge in [-0.05, 0) is 40.9 Å². The van der Waals surface area contributed by atoms with E-state index in [4.69, 9.17) is 33.7 Å². The van der Waals surface area contributed by atoms with E-state index in [9.17, 15) is 4.79 Å². The van der Waals surface area contributed by atoms with Crippen molar-refractivity contribution < 1.29 is 9.53 Å². The summed E-state index contributed by atoms with van der Waals surface area (Å²) in [6.45, 7) is 1.36. The van der Waals surface area contributed by atoms with E-state index in [-0.39, 0.29) is 12.5 Å². The molecule has 0 unspecified atom stereocenters. The minimum atomic E-state index is -0.596. The summed E-state index contributed by atoms with van der Waals surface area (Å²) in [5, 5.41) is 3.51. The summed E-state index contributed by atoms with van der Waals surface area (Å²) in [5.41, 5.74) is 5.70. The predicted octanol–water partition coefficient (Wildman–Crippen LogP) is 3.45. The third kappa shape index (κ3) is 3.12. The lowest BCUT2D eigenvalue weighted by atomic mass is 9.79. The second-order valence-electron chi connectivity index (χ2n) is 4.77. The van der Waals surface area contributed by atoms with Crippen LogP contribution in [-0.2, 0) is 9.53 Å². The van der Waals surface area contributed by atoms with E-state index < -0.39 is 5.41 Å². The van der Waals surface area contributed by atoms with Crippen molar-refractivity contribution in [1.82, 2.24) is 0 Å². The number of hydrogen-bond acceptors (Lipinski definition) is 3. The lowest BCUT2D eigenvalue weighted by Gasteiger charge is -2.34. The van der Waals surface area contributed by atoms with E-state index in [1.807, 2.05) is 0 Å². The maximum atomic E-state index is 12.5. The molecule has 3 N–H and O–H groups in total. The van der Waals surface area contributed by atoms with Crippen LogP contribution in [-0.4, -0.2) is 25.7 Å². The van der Waals surface area contributed by atoms with Crippen molar-refractivity contribution in [2.24, 2.45) is 11.1 Å². The van der Waals surface area contributed by atoms with E-state index in [0.717, 1.165) is 0 Å². The Hall–Kier alpha value is -0.330. The number of ether oxygens (including phenoxy) is 1. The predicted molar refractivity (Wildman–Crippen MR) is 84.3 cm³/mol. The molecule has 0 saturated carbocycles. The van der Waals surface area contributed by atoms with Crippen molar-refractivity contribution in [3.8, 4) is 0 Å². The monoisotopic (exact) mass is 380 g/mol. The van der Waals surface area contributed by atoms with E-state index in [2.05, 4.69) is 21.2 Å². The zero-order valence-corrected chi connectivity index (χ0v) is 13.8. The molecule has 1 aromatic rings. The molecule has 2 rings (SSSR count). The Balaban J connectivity index is 2.21. The fourth-order valence-electron chi connectivity index (χ4n) is 2.16. The van der Waals surface area contributed by atoms with Gasteiger partial charge in [-0.25, -0.2) is 0 Å². The molecular weight excluding hydrogens is 367 g/mol. The number of anilines is 1. The third-order valence-corrected chi connectivity index (χ3v) is 5.38. The lowest BCUT2D eigenvalue weighted by Crippen LogP contribution is -2.46.